The van der Waals surface area contributed by atoms with E-state index < -0.39 is 0 Å². The largest absolute Gasteiger partial charge is 0.337 e. The Labute approximate surface area is 114 Å². The molecule has 94 valence electrons. The van der Waals surface area contributed by atoms with Gasteiger partial charge in [0.25, 0.3) is 5.91 Å². The van der Waals surface area contributed by atoms with Gasteiger partial charge in [-0.25, -0.2) is 4.98 Å². The Bertz CT molecular complexity index is 588. The van der Waals surface area contributed by atoms with E-state index in [1.165, 1.54) is 0 Å². The van der Waals surface area contributed by atoms with Crippen molar-refractivity contribution in [2.75, 3.05) is 24.6 Å². The third-order valence-electron chi connectivity index (χ3n) is 3.04. The number of aryl methyl sites for hydroxylation is 1. The Hall–Kier alpha value is -1.07. The lowest BCUT2D eigenvalue weighted by Crippen LogP contribution is -2.37. The Morgan fingerprint density at radius 3 is 2.89 bits per heavy atom. The highest BCUT2D eigenvalue weighted by atomic mass is 32.2. The molecule has 0 saturated carbocycles. The lowest BCUT2D eigenvalue weighted by atomic mass is 10.2. The van der Waals surface area contributed by atoms with E-state index >= 15 is 0 Å². The van der Waals surface area contributed by atoms with Gasteiger partial charge in [0.05, 0.1) is 15.2 Å². The topological polar surface area (TPSA) is 33.2 Å². The minimum Gasteiger partial charge on any atom is -0.337 e. The number of nitrogens with zero attached hydrogens (tertiary/aromatic N) is 2. The van der Waals surface area contributed by atoms with Gasteiger partial charge in [-0.3, -0.25) is 4.79 Å². The molecular formula is C13H14N2OS2. The summed E-state index contributed by atoms with van der Waals surface area (Å²) in [6, 6.07) is 5.85. The molecule has 5 heteroatoms. The molecule has 0 aliphatic carbocycles. The quantitative estimate of drug-likeness (QED) is 0.804. The molecule has 1 aliphatic heterocycles. The van der Waals surface area contributed by atoms with E-state index in [0.29, 0.717) is 0 Å². The standard InChI is InChI=1S/C13H14N2OS2/c1-9-14-11-8-10(2-3-12(11)18-9)13(16)15-4-6-17-7-5-15/h2-3,8H,4-7H2,1H3. The second-order valence-corrected chi connectivity index (χ2v) is 6.78. The molecule has 0 radical (unpaired) electrons. The summed E-state index contributed by atoms with van der Waals surface area (Å²) >= 11 is 3.58. The van der Waals surface area contributed by atoms with E-state index in [4.69, 9.17) is 0 Å². The number of benzene rings is 1. The number of hydrogen-bond acceptors (Lipinski definition) is 4. The maximum atomic E-state index is 12.3. The lowest BCUT2D eigenvalue weighted by molar-refractivity contribution is 0.0772. The van der Waals surface area contributed by atoms with E-state index in [1.54, 1.807) is 11.3 Å². The van der Waals surface area contributed by atoms with Crippen LogP contribution in [0, 0.1) is 6.92 Å². The first-order valence-corrected chi connectivity index (χ1v) is 7.95. The second kappa shape index (κ2) is 4.90. The molecule has 18 heavy (non-hydrogen) atoms. The Balaban J connectivity index is 1.90. The minimum absolute atomic E-state index is 0.142. The van der Waals surface area contributed by atoms with E-state index in [9.17, 15) is 4.79 Å². The highest BCUT2D eigenvalue weighted by Gasteiger charge is 2.18. The maximum absolute atomic E-state index is 12.3. The van der Waals surface area contributed by atoms with Crippen molar-refractivity contribution in [3.63, 3.8) is 0 Å². The van der Waals surface area contributed by atoms with E-state index in [0.717, 1.165) is 45.4 Å². The number of hydrogen-bond donors (Lipinski definition) is 0. The molecule has 1 amide bonds. The monoisotopic (exact) mass is 278 g/mol. The second-order valence-electron chi connectivity index (χ2n) is 4.32. The summed E-state index contributed by atoms with van der Waals surface area (Å²) in [5.41, 5.74) is 1.70. The van der Waals surface area contributed by atoms with Crippen LogP contribution in [0.3, 0.4) is 0 Å². The van der Waals surface area contributed by atoms with Crippen molar-refractivity contribution < 1.29 is 4.79 Å². The summed E-state index contributed by atoms with van der Waals surface area (Å²) < 4.78 is 1.15. The summed E-state index contributed by atoms with van der Waals surface area (Å²) in [5, 5.41) is 1.05. The first-order chi connectivity index (χ1) is 8.74. The van der Waals surface area contributed by atoms with Crippen LogP contribution in [0.4, 0.5) is 0 Å². The van der Waals surface area contributed by atoms with Crippen molar-refractivity contribution in [3.8, 4) is 0 Å². The van der Waals surface area contributed by atoms with Gasteiger partial charge in [0.15, 0.2) is 0 Å². The van der Waals surface area contributed by atoms with Crippen molar-refractivity contribution >= 4 is 39.2 Å². The predicted octanol–water partition coefficient (Wildman–Crippen LogP) is 2.79. The van der Waals surface area contributed by atoms with Crippen LogP contribution in [0.25, 0.3) is 10.2 Å². The Kier molecular flexibility index (Phi) is 3.26. The average molecular weight is 278 g/mol. The number of carbonyl (C=O) groups is 1. The highest BCUT2D eigenvalue weighted by molar-refractivity contribution is 7.99. The van der Waals surface area contributed by atoms with Crippen molar-refractivity contribution in [1.82, 2.24) is 9.88 Å². The molecule has 0 bridgehead atoms. The smallest absolute Gasteiger partial charge is 0.253 e. The summed E-state index contributed by atoms with van der Waals surface area (Å²) in [7, 11) is 0. The molecule has 1 aromatic carbocycles. The van der Waals surface area contributed by atoms with Crippen LogP contribution in [0.15, 0.2) is 18.2 Å². The molecule has 3 nitrogen and oxygen atoms in total. The van der Waals surface area contributed by atoms with Gasteiger partial charge in [-0.15, -0.1) is 11.3 Å². The molecule has 1 aromatic heterocycles. The normalized spacial score (nSPS) is 16.2. The van der Waals surface area contributed by atoms with Gasteiger partial charge < -0.3 is 4.90 Å². The molecule has 1 saturated heterocycles. The average Bonchev–Trinajstić information content (AvgIpc) is 2.78. The first-order valence-electron chi connectivity index (χ1n) is 5.98. The molecule has 0 unspecified atom stereocenters. The maximum Gasteiger partial charge on any atom is 0.253 e. The number of aromatic nitrogens is 1. The van der Waals surface area contributed by atoms with Crippen molar-refractivity contribution in [3.05, 3.63) is 28.8 Å². The van der Waals surface area contributed by atoms with Gasteiger partial charge in [0.1, 0.15) is 0 Å². The van der Waals surface area contributed by atoms with E-state index in [1.807, 2.05) is 41.8 Å². The molecular weight excluding hydrogens is 264 g/mol. The van der Waals surface area contributed by atoms with Crippen LogP contribution in [0.2, 0.25) is 0 Å². The van der Waals surface area contributed by atoms with Crippen LogP contribution in [-0.2, 0) is 0 Å². The zero-order chi connectivity index (χ0) is 12.5. The van der Waals surface area contributed by atoms with E-state index in [-0.39, 0.29) is 5.91 Å². The number of rotatable bonds is 1. The van der Waals surface area contributed by atoms with Gasteiger partial charge in [-0.05, 0) is 25.1 Å². The zero-order valence-corrected chi connectivity index (χ0v) is 11.8. The summed E-state index contributed by atoms with van der Waals surface area (Å²) in [4.78, 5) is 18.7. The predicted molar refractivity (Wildman–Crippen MR) is 77.6 cm³/mol. The third-order valence-corrected chi connectivity index (χ3v) is 4.93. The molecule has 1 fully saturated rings. The van der Waals surface area contributed by atoms with Crippen molar-refractivity contribution in [2.45, 2.75) is 6.92 Å². The minimum atomic E-state index is 0.142. The summed E-state index contributed by atoms with van der Waals surface area (Å²) in [6.07, 6.45) is 0. The van der Waals surface area contributed by atoms with Gasteiger partial charge in [-0.1, -0.05) is 0 Å². The van der Waals surface area contributed by atoms with Crippen LogP contribution in [0.1, 0.15) is 15.4 Å². The van der Waals surface area contributed by atoms with Crippen LogP contribution >= 0.6 is 23.1 Å². The molecule has 2 heterocycles. The molecule has 2 aromatic rings. The zero-order valence-electron chi connectivity index (χ0n) is 10.2. The molecule has 3 rings (SSSR count). The molecule has 0 atom stereocenters. The Morgan fingerprint density at radius 1 is 1.33 bits per heavy atom. The summed E-state index contributed by atoms with van der Waals surface area (Å²) in [6.45, 7) is 3.71. The number of thiazole rings is 1. The fourth-order valence-electron chi connectivity index (χ4n) is 2.12. The molecule has 1 aliphatic rings. The van der Waals surface area contributed by atoms with Gasteiger partial charge in [-0.2, -0.15) is 11.8 Å². The number of amides is 1. The lowest BCUT2D eigenvalue weighted by Gasteiger charge is -2.26. The number of carbonyl (C=O) groups excluding carboxylic acids is 1. The van der Waals surface area contributed by atoms with Gasteiger partial charge >= 0.3 is 0 Å². The Morgan fingerprint density at radius 2 is 2.11 bits per heavy atom. The van der Waals surface area contributed by atoms with Gasteiger partial charge in [0.2, 0.25) is 0 Å². The van der Waals surface area contributed by atoms with Gasteiger partial charge in [0, 0.05) is 30.2 Å². The van der Waals surface area contributed by atoms with Crippen molar-refractivity contribution in [1.29, 1.82) is 0 Å². The van der Waals surface area contributed by atoms with Crippen LogP contribution in [0.5, 0.6) is 0 Å². The van der Waals surface area contributed by atoms with E-state index in [2.05, 4.69) is 4.98 Å². The number of fused-ring (bicyclic) bond motifs is 1. The van der Waals surface area contributed by atoms with Crippen LogP contribution < -0.4 is 0 Å². The SMILES string of the molecule is Cc1nc2cc(C(=O)N3CCSCC3)ccc2s1. The fraction of sp³-hybridized carbons (Fsp3) is 0.385. The first kappa shape index (κ1) is 12.0. The van der Waals surface area contributed by atoms with Crippen molar-refractivity contribution in [2.24, 2.45) is 0 Å². The molecule has 0 spiro atoms. The van der Waals surface area contributed by atoms with Crippen LogP contribution in [-0.4, -0.2) is 40.4 Å². The highest BCUT2D eigenvalue weighted by Crippen LogP contribution is 2.23. The number of thioether (sulfide) groups is 1. The summed E-state index contributed by atoms with van der Waals surface area (Å²) in [5.74, 6) is 2.23. The fourth-order valence-corrected chi connectivity index (χ4v) is 3.84. The third kappa shape index (κ3) is 2.24. The molecule has 0 N–H and O–H groups in total.